The topological polar surface area (TPSA) is 52.1 Å². The Labute approximate surface area is 275 Å². The second-order valence-electron chi connectivity index (χ2n) is 12.2. The second-order valence-corrected chi connectivity index (χ2v) is 12.2. The third kappa shape index (κ3) is 4.24. The molecule has 4 heteroatoms. The minimum atomic E-state index is 0.657. The van der Waals surface area contributed by atoms with Crippen LogP contribution in [-0.4, -0.2) is 9.97 Å². The number of nitrogens with zero attached hydrogens (tertiary/aromatic N) is 2. The van der Waals surface area contributed by atoms with Gasteiger partial charge in [-0.25, -0.2) is 9.97 Å². The molecule has 0 aliphatic rings. The number of aromatic nitrogens is 2. The van der Waals surface area contributed by atoms with Crippen molar-refractivity contribution in [3.8, 4) is 44.9 Å². The summed E-state index contributed by atoms with van der Waals surface area (Å²) in [5, 5.41) is 5.60. The van der Waals surface area contributed by atoms with Crippen LogP contribution >= 0.6 is 0 Å². The highest BCUT2D eigenvalue weighted by molar-refractivity contribution is 6.16. The van der Waals surface area contributed by atoms with Crippen LogP contribution in [0.2, 0.25) is 0 Å². The maximum absolute atomic E-state index is 6.57. The number of benzene rings is 7. The lowest BCUT2D eigenvalue weighted by molar-refractivity contribution is 0.667. The zero-order valence-electron chi connectivity index (χ0n) is 25.7. The molecule has 0 aliphatic heterocycles. The normalized spacial score (nSPS) is 11.8. The summed E-state index contributed by atoms with van der Waals surface area (Å²) in [6, 6.07) is 54.5. The fraction of sp³-hybridized carbons (Fsp3) is 0. The summed E-state index contributed by atoms with van der Waals surface area (Å²) in [4.78, 5) is 10.1. The van der Waals surface area contributed by atoms with Crippen LogP contribution in [0.5, 0.6) is 0 Å². The molecule has 0 saturated heterocycles. The minimum Gasteiger partial charge on any atom is -0.456 e. The van der Waals surface area contributed by atoms with Crippen LogP contribution in [0.15, 0.2) is 167 Å². The van der Waals surface area contributed by atoms with E-state index in [-0.39, 0.29) is 0 Å². The molecule has 0 fully saturated rings. The smallest absolute Gasteiger partial charge is 0.180 e. The van der Waals surface area contributed by atoms with Crippen LogP contribution in [0.1, 0.15) is 0 Å². The summed E-state index contributed by atoms with van der Waals surface area (Å²) < 4.78 is 12.9. The van der Waals surface area contributed by atoms with Crippen LogP contribution in [0.4, 0.5) is 0 Å². The Morgan fingerprint density at radius 2 is 1.06 bits per heavy atom. The van der Waals surface area contributed by atoms with Crippen molar-refractivity contribution < 1.29 is 8.83 Å². The molecule has 48 heavy (non-hydrogen) atoms. The molecule has 0 spiro atoms. The fourth-order valence-electron chi connectivity index (χ4n) is 6.93. The largest absolute Gasteiger partial charge is 0.456 e. The van der Waals surface area contributed by atoms with Crippen molar-refractivity contribution in [3.05, 3.63) is 158 Å². The molecule has 0 atom stereocenters. The van der Waals surface area contributed by atoms with E-state index in [2.05, 4.69) is 121 Å². The number of hydrogen-bond acceptors (Lipinski definition) is 4. The van der Waals surface area contributed by atoms with Gasteiger partial charge in [0.25, 0.3) is 0 Å². The summed E-state index contributed by atoms with van der Waals surface area (Å²) >= 11 is 0. The highest BCUT2D eigenvalue weighted by Crippen LogP contribution is 2.42. The molecular formula is C44H26N2O2. The van der Waals surface area contributed by atoms with Gasteiger partial charge in [0.05, 0.1) is 0 Å². The highest BCUT2D eigenvalue weighted by atomic mass is 16.3. The summed E-state index contributed by atoms with van der Waals surface area (Å²) in [5.41, 5.74) is 11.2. The van der Waals surface area contributed by atoms with Crippen LogP contribution in [0, 0.1) is 0 Å². The number of rotatable bonds is 4. The lowest BCUT2D eigenvalue weighted by Crippen LogP contribution is -1.94. The van der Waals surface area contributed by atoms with Gasteiger partial charge in [0.1, 0.15) is 28.0 Å². The molecule has 0 amide bonds. The number of para-hydroxylation sites is 1. The number of fused-ring (bicyclic) bond motifs is 7. The first-order valence-electron chi connectivity index (χ1n) is 16.1. The van der Waals surface area contributed by atoms with Gasteiger partial charge in [-0.15, -0.1) is 0 Å². The van der Waals surface area contributed by atoms with Crippen LogP contribution in [0.25, 0.3) is 99.7 Å². The van der Waals surface area contributed by atoms with Gasteiger partial charge < -0.3 is 8.83 Å². The highest BCUT2D eigenvalue weighted by Gasteiger charge is 2.19. The Morgan fingerprint density at radius 1 is 0.396 bits per heavy atom. The summed E-state index contributed by atoms with van der Waals surface area (Å²) in [6.07, 6.45) is 0. The zero-order valence-corrected chi connectivity index (χ0v) is 25.7. The van der Waals surface area contributed by atoms with Gasteiger partial charge >= 0.3 is 0 Å². The first-order valence-corrected chi connectivity index (χ1v) is 16.1. The summed E-state index contributed by atoms with van der Waals surface area (Å²) in [7, 11) is 0. The molecule has 10 aromatic rings. The van der Waals surface area contributed by atoms with E-state index in [4.69, 9.17) is 18.8 Å². The molecule has 0 bridgehead atoms. The molecular weight excluding hydrogens is 588 g/mol. The number of hydrogen-bond donors (Lipinski definition) is 0. The third-order valence-electron chi connectivity index (χ3n) is 9.27. The Hall–Kier alpha value is -6.52. The molecule has 3 heterocycles. The molecule has 0 unspecified atom stereocenters. The zero-order chi connectivity index (χ0) is 31.6. The molecule has 0 N–H and O–H groups in total. The average molecular weight is 615 g/mol. The maximum Gasteiger partial charge on any atom is 0.180 e. The predicted molar refractivity (Wildman–Crippen MR) is 196 cm³/mol. The SMILES string of the molecule is c1ccc(-c2nc(-c3ccc(-c4cc(-c5ccccc5)c5c(c4)oc4cc6ccccc6cc45)cc3)nc3c2oc2ccccc23)cc1. The van der Waals surface area contributed by atoms with E-state index in [0.717, 1.165) is 77.5 Å². The van der Waals surface area contributed by atoms with Crippen molar-refractivity contribution in [2.75, 3.05) is 0 Å². The fourth-order valence-corrected chi connectivity index (χ4v) is 6.93. The van der Waals surface area contributed by atoms with Crippen molar-refractivity contribution in [1.29, 1.82) is 0 Å². The van der Waals surface area contributed by atoms with Crippen LogP contribution in [0.3, 0.4) is 0 Å². The number of furan rings is 2. The van der Waals surface area contributed by atoms with Crippen LogP contribution < -0.4 is 0 Å². The molecule has 0 saturated carbocycles. The lowest BCUT2D eigenvalue weighted by atomic mass is 9.93. The summed E-state index contributed by atoms with van der Waals surface area (Å²) in [5.74, 6) is 0.657. The third-order valence-corrected chi connectivity index (χ3v) is 9.27. The first-order chi connectivity index (χ1) is 23.8. The quantitative estimate of drug-likeness (QED) is 0.198. The van der Waals surface area contributed by atoms with Gasteiger partial charge in [-0.1, -0.05) is 121 Å². The van der Waals surface area contributed by atoms with Crippen molar-refractivity contribution in [1.82, 2.24) is 9.97 Å². The Morgan fingerprint density at radius 3 is 1.85 bits per heavy atom. The van der Waals surface area contributed by atoms with E-state index in [0.29, 0.717) is 11.4 Å². The van der Waals surface area contributed by atoms with E-state index in [1.54, 1.807) is 0 Å². The van der Waals surface area contributed by atoms with E-state index in [1.807, 2.05) is 36.4 Å². The van der Waals surface area contributed by atoms with Crippen molar-refractivity contribution in [2.24, 2.45) is 0 Å². The van der Waals surface area contributed by atoms with E-state index in [1.165, 1.54) is 10.8 Å². The lowest BCUT2D eigenvalue weighted by Gasteiger charge is -2.10. The van der Waals surface area contributed by atoms with Gasteiger partial charge in [0, 0.05) is 27.3 Å². The molecule has 7 aromatic carbocycles. The van der Waals surface area contributed by atoms with Crippen molar-refractivity contribution in [2.45, 2.75) is 0 Å². The van der Waals surface area contributed by atoms with Crippen LogP contribution in [-0.2, 0) is 0 Å². The Kier molecular flexibility index (Phi) is 5.84. The van der Waals surface area contributed by atoms with E-state index < -0.39 is 0 Å². The van der Waals surface area contributed by atoms with E-state index in [9.17, 15) is 0 Å². The second kappa shape index (κ2) is 10.5. The van der Waals surface area contributed by atoms with Gasteiger partial charge in [0.15, 0.2) is 11.4 Å². The maximum atomic E-state index is 6.57. The molecule has 224 valence electrons. The van der Waals surface area contributed by atoms with Crippen molar-refractivity contribution >= 4 is 54.8 Å². The molecule has 10 rings (SSSR count). The first kappa shape index (κ1) is 26.7. The minimum absolute atomic E-state index is 0.657. The molecule has 4 nitrogen and oxygen atoms in total. The standard InChI is InChI=1S/C44H26N2O2/c1-3-11-28(12-4-1)35-24-33(26-39-40(35)36-23-31-15-7-8-16-32(31)25-38(36)47-39)27-19-21-30(22-20-27)44-45-41(29-13-5-2-6-14-29)43-42(46-44)34-17-9-10-18-37(34)48-43/h1-26H. The van der Waals surface area contributed by atoms with Gasteiger partial charge in [0.2, 0.25) is 0 Å². The Balaban J connectivity index is 1.13. The monoisotopic (exact) mass is 614 g/mol. The molecule has 0 radical (unpaired) electrons. The van der Waals surface area contributed by atoms with E-state index >= 15 is 0 Å². The average Bonchev–Trinajstić information content (AvgIpc) is 3.71. The predicted octanol–water partition coefficient (Wildman–Crippen LogP) is 12.1. The van der Waals surface area contributed by atoms with Gasteiger partial charge in [-0.05, 0) is 69.4 Å². The van der Waals surface area contributed by atoms with Gasteiger partial charge in [-0.3, -0.25) is 0 Å². The van der Waals surface area contributed by atoms with Crippen molar-refractivity contribution in [3.63, 3.8) is 0 Å². The van der Waals surface area contributed by atoms with Gasteiger partial charge in [-0.2, -0.15) is 0 Å². The molecule has 3 aromatic heterocycles. The Bertz CT molecular complexity index is 2810. The summed E-state index contributed by atoms with van der Waals surface area (Å²) in [6.45, 7) is 0. The molecule has 0 aliphatic carbocycles.